The van der Waals surface area contributed by atoms with Crippen LogP contribution in [-0.4, -0.2) is 16.0 Å². The molecule has 20 heavy (non-hydrogen) atoms. The summed E-state index contributed by atoms with van der Waals surface area (Å²) in [6, 6.07) is 5.29. The number of aromatic nitrogens is 2. The minimum absolute atomic E-state index is 0.286. The van der Waals surface area contributed by atoms with E-state index in [1.165, 1.54) is 0 Å². The van der Waals surface area contributed by atoms with Crippen LogP contribution in [0.5, 0.6) is 0 Å². The first-order valence-corrected chi connectivity index (χ1v) is 6.62. The van der Waals surface area contributed by atoms with Gasteiger partial charge >= 0.3 is 0 Å². The molecule has 0 bridgehead atoms. The van der Waals surface area contributed by atoms with Crippen molar-refractivity contribution in [2.75, 3.05) is 5.32 Å². The van der Waals surface area contributed by atoms with Crippen molar-refractivity contribution in [1.82, 2.24) is 10.1 Å². The quantitative estimate of drug-likeness (QED) is 0.887. The monoisotopic (exact) mass is 272 g/mol. The lowest BCUT2D eigenvalue weighted by molar-refractivity contribution is 0.101. The van der Waals surface area contributed by atoms with Gasteiger partial charge in [0.25, 0.3) is 5.91 Å². The average Bonchev–Trinajstić information content (AvgIpc) is 3.16. The fourth-order valence-electron chi connectivity index (χ4n) is 2.01. The Hall–Kier alpha value is -2.21. The van der Waals surface area contributed by atoms with Crippen molar-refractivity contribution in [2.45, 2.75) is 32.2 Å². The Morgan fingerprint density at radius 1 is 1.50 bits per heavy atom. The molecule has 0 aromatic carbocycles. The van der Waals surface area contributed by atoms with Gasteiger partial charge < -0.3 is 15.6 Å². The Bertz CT molecular complexity index is 646. The first-order chi connectivity index (χ1) is 9.67. The number of carbonyl (C=O) groups excluding carboxylic acids is 1. The number of rotatable bonds is 4. The normalized spacial score (nSPS) is 14.3. The van der Waals surface area contributed by atoms with E-state index in [9.17, 15) is 4.79 Å². The van der Waals surface area contributed by atoms with Crippen molar-refractivity contribution in [3.63, 3.8) is 0 Å². The van der Waals surface area contributed by atoms with Crippen molar-refractivity contribution in [3.8, 4) is 0 Å². The van der Waals surface area contributed by atoms with Crippen LogP contribution in [0.3, 0.4) is 0 Å². The Labute approximate surface area is 116 Å². The van der Waals surface area contributed by atoms with E-state index in [2.05, 4.69) is 15.5 Å². The van der Waals surface area contributed by atoms with E-state index in [0.29, 0.717) is 18.3 Å². The van der Waals surface area contributed by atoms with Gasteiger partial charge in [-0.1, -0.05) is 11.2 Å². The number of hydrogen-bond donors (Lipinski definition) is 2. The fraction of sp³-hybridized carbons (Fsp3) is 0.357. The van der Waals surface area contributed by atoms with E-state index in [4.69, 9.17) is 10.3 Å². The molecule has 0 saturated heterocycles. The number of nitrogens with two attached hydrogens (primary N) is 1. The first-order valence-electron chi connectivity index (χ1n) is 6.62. The highest BCUT2D eigenvalue weighted by atomic mass is 16.5. The maximum atomic E-state index is 12.0. The number of carbonyl (C=O) groups is 1. The largest absolute Gasteiger partial charge is 0.360 e. The Balaban J connectivity index is 1.72. The van der Waals surface area contributed by atoms with E-state index < -0.39 is 0 Å². The van der Waals surface area contributed by atoms with Crippen LogP contribution in [0.1, 0.15) is 46.3 Å². The van der Waals surface area contributed by atoms with Gasteiger partial charge in [-0.05, 0) is 31.4 Å². The number of aryl methyl sites for hydroxylation is 1. The zero-order valence-corrected chi connectivity index (χ0v) is 11.2. The molecule has 1 aliphatic carbocycles. The summed E-state index contributed by atoms with van der Waals surface area (Å²) in [6.07, 6.45) is 2.22. The molecular formula is C14H16N4O2. The zero-order chi connectivity index (χ0) is 14.1. The first kappa shape index (κ1) is 12.8. The highest BCUT2D eigenvalue weighted by molar-refractivity contribution is 6.02. The molecule has 3 rings (SSSR count). The van der Waals surface area contributed by atoms with Crippen molar-refractivity contribution < 1.29 is 9.32 Å². The number of hydrogen-bond acceptors (Lipinski definition) is 5. The van der Waals surface area contributed by atoms with E-state index in [1.54, 1.807) is 12.1 Å². The highest BCUT2D eigenvalue weighted by Crippen LogP contribution is 2.40. The van der Waals surface area contributed by atoms with Crippen molar-refractivity contribution in [2.24, 2.45) is 5.73 Å². The lowest BCUT2D eigenvalue weighted by Gasteiger charge is -2.06. The van der Waals surface area contributed by atoms with Crippen LogP contribution in [-0.2, 0) is 6.54 Å². The molecule has 2 heterocycles. The standard InChI is InChI=1S/C14H16N4O2/c1-8-10(7-15)4-5-13(16-8)17-14(19)11-6-12(20-18-11)9-2-3-9/h4-6,9H,2-3,7,15H2,1H3,(H,16,17,19). The predicted octanol–water partition coefficient (Wildman–Crippen LogP) is 1.97. The van der Waals surface area contributed by atoms with E-state index in [-0.39, 0.29) is 11.6 Å². The minimum atomic E-state index is -0.312. The molecule has 6 nitrogen and oxygen atoms in total. The van der Waals surface area contributed by atoms with Crippen LogP contribution in [0, 0.1) is 6.92 Å². The smallest absolute Gasteiger partial charge is 0.279 e. The molecule has 1 saturated carbocycles. The molecule has 1 aliphatic rings. The van der Waals surface area contributed by atoms with Crippen LogP contribution in [0.25, 0.3) is 0 Å². The molecule has 1 fully saturated rings. The van der Waals surface area contributed by atoms with Gasteiger partial charge in [-0.15, -0.1) is 0 Å². The summed E-state index contributed by atoms with van der Waals surface area (Å²) < 4.78 is 5.16. The number of amides is 1. The second-order valence-electron chi connectivity index (χ2n) is 4.99. The van der Waals surface area contributed by atoms with Gasteiger partial charge in [-0.2, -0.15) is 0 Å². The topological polar surface area (TPSA) is 94.0 Å². The fourth-order valence-corrected chi connectivity index (χ4v) is 2.01. The van der Waals surface area contributed by atoms with Gasteiger partial charge in [-0.3, -0.25) is 4.79 Å². The number of pyridine rings is 1. The van der Waals surface area contributed by atoms with Crippen molar-refractivity contribution in [3.05, 3.63) is 40.9 Å². The third kappa shape index (κ3) is 2.55. The second kappa shape index (κ2) is 5.05. The van der Waals surface area contributed by atoms with E-state index in [0.717, 1.165) is 29.9 Å². The summed E-state index contributed by atoms with van der Waals surface area (Å²) >= 11 is 0. The average molecular weight is 272 g/mol. The lowest BCUT2D eigenvalue weighted by Crippen LogP contribution is -2.14. The van der Waals surface area contributed by atoms with Gasteiger partial charge in [0.1, 0.15) is 11.6 Å². The zero-order valence-electron chi connectivity index (χ0n) is 11.2. The van der Waals surface area contributed by atoms with Gasteiger partial charge in [0, 0.05) is 24.2 Å². The minimum Gasteiger partial charge on any atom is -0.360 e. The molecule has 3 N–H and O–H groups in total. The Morgan fingerprint density at radius 3 is 2.95 bits per heavy atom. The molecular weight excluding hydrogens is 256 g/mol. The summed E-state index contributed by atoms with van der Waals surface area (Å²) in [7, 11) is 0. The molecule has 0 radical (unpaired) electrons. The third-order valence-corrected chi connectivity index (χ3v) is 3.40. The molecule has 0 aliphatic heterocycles. The number of nitrogens with zero attached hydrogens (tertiary/aromatic N) is 2. The molecule has 0 unspecified atom stereocenters. The summed E-state index contributed by atoms with van der Waals surface area (Å²) in [5.41, 5.74) is 7.63. The maximum Gasteiger partial charge on any atom is 0.279 e. The molecule has 0 spiro atoms. The van der Waals surface area contributed by atoms with E-state index in [1.807, 2.05) is 13.0 Å². The van der Waals surface area contributed by atoms with Gasteiger partial charge in [0.15, 0.2) is 5.69 Å². The molecule has 104 valence electrons. The van der Waals surface area contributed by atoms with Gasteiger partial charge in [-0.25, -0.2) is 4.98 Å². The summed E-state index contributed by atoms with van der Waals surface area (Å²) in [4.78, 5) is 16.3. The van der Waals surface area contributed by atoms with Crippen LogP contribution < -0.4 is 11.1 Å². The lowest BCUT2D eigenvalue weighted by atomic mass is 10.2. The van der Waals surface area contributed by atoms with Gasteiger partial charge in [0.2, 0.25) is 0 Å². The second-order valence-corrected chi connectivity index (χ2v) is 4.99. The van der Waals surface area contributed by atoms with Crippen molar-refractivity contribution >= 4 is 11.7 Å². The Morgan fingerprint density at radius 2 is 2.30 bits per heavy atom. The number of anilines is 1. The predicted molar refractivity (Wildman–Crippen MR) is 73.3 cm³/mol. The SMILES string of the molecule is Cc1nc(NC(=O)c2cc(C3CC3)on2)ccc1CN. The van der Waals surface area contributed by atoms with Crippen LogP contribution >= 0.6 is 0 Å². The van der Waals surface area contributed by atoms with Crippen molar-refractivity contribution in [1.29, 1.82) is 0 Å². The maximum absolute atomic E-state index is 12.0. The molecule has 6 heteroatoms. The highest BCUT2D eigenvalue weighted by Gasteiger charge is 2.28. The molecule has 2 aromatic rings. The number of nitrogens with one attached hydrogen (secondary N) is 1. The summed E-state index contributed by atoms with van der Waals surface area (Å²) in [5, 5.41) is 6.50. The van der Waals surface area contributed by atoms with E-state index >= 15 is 0 Å². The summed E-state index contributed by atoms with van der Waals surface area (Å²) in [5.74, 6) is 1.40. The van der Waals surface area contributed by atoms with Crippen LogP contribution in [0.2, 0.25) is 0 Å². The molecule has 1 amide bonds. The van der Waals surface area contributed by atoms with Gasteiger partial charge in [0.05, 0.1) is 0 Å². The molecule has 0 atom stereocenters. The Kier molecular flexibility index (Phi) is 3.23. The summed E-state index contributed by atoms with van der Waals surface area (Å²) in [6.45, 7) is 2.29. The molecule has 2 aromatic heterocycles. The van der Waals surface area contributed by atoms with Crippen LogP contribution in [0.15, 0.2) is 22.7 Å². The van der Waals surface area contributed by atoms with Crippen LogP contribution in [0.4, 0.5) is 5.82 Å². The third-order valence-electron chi connectivity index (χ3n) is 3.40.